The van der Waals surface area contributed by atoms with Crippen molar-refractivity contribution < 1.29 is 0 Å². The summed E-state index contributed by atoms with van der Waals surface area (Å²) < 4.78 is 0. The molecule has 5 rings (SSSR count). The largest absolute Gasteiger partial charge is 0.381 e. The Morgan fingerprint density at radius 2 is 1.18 bits per heavy atom. The van der Waals surface area contributed by atoms with Crippen molar-refractivity contribution in [3.63, 3.8) is 0 Å². The summed E-state index contributed by atoms with van der Waals surface area (Å²) in [5.41, 5.74) is 13.8. The van der Waals surface area contributed by atoms with Crippen molar-refractivity contribution in [3.8, 4) is 0 Å². The fourth-order valence-electron chi connectivity index (χ4n) is 3.99. The third-order valence-electron chi connectivity index (χ3n) is 6.07. The van der Waals surface area contributed by atoms with Crippen molar-refractivity contribution in [1.82, 2.24) is 15.0 Å². The van der Waals surface area contributed by atoms with Crippen LogP contribution in [0.2, 0.25) is 0 Å². The smallest absolute Gasteiger partial charge is 0.0687 e. The second-order valence-electron chi connectivity index (χ2n) is 7.72. The maximum absolute atomic E-state index is 4.89. The van der Waals surface area contributed by atoms with Crippen LogP contribution in [0.1, 0.15) is 39.2 Å². The zero-order valence-corrected chi connectivity index (χ0v) is 16.7. The first-order valence-electron chi connectivity index (χ1n) is 9.71. The zero-order chi connectivity index (χ0) is 19.4. The molecule has 0 radical (unpaired) electrons. The minimum Gasteiger partial charge on any atom is -0.381 e. The van der Waals surface area contributed by atoms with E-state index < -0.39 is 0 Å². The van der Waals surface area contributed by atoms with Gasteiger partial charge in [-0.2, -0.15) is 0 Å². The molecule has 4 nitrogen and oxygen atoms in total. The van der Waals surface area contributed by atoms with E-state index in [1.807, 2.05) is 0 Å². The summed E-state index contributed by atoms with van der Waals surface area (Å²) in [5, 5.41) is 3.56. The molecule has 3 N–H and O–H groups in total. The Kier molecular flexibility index (Phi) is 3.69. The van der Waals surface area contributed by atoms with E-state index in [1.165, 1.54) is 22.4 Å². The van der Waals surface area contributed by atoms with E-state index in [1.54, 1.807) is 0 Å². The summed E-state index contributed by atoms with van der Waals surface area (Å²) in [4.78, 5) is 12.1. The average Bonchev–Trinajstić information content (AvgIpc) is 3.49. The number of hydrogen-bond acceptors (Lipinski definition) is 2. The summed E-state index contributed by atoms with van der Waals surface area (Å²) in [6.07, 6.45) is 4.21. The lowest BCUT2D eigenvalue weighted by atomic mass is 10.1. The van der Waals surface area contributed by atoms with Gasteiger partial charge in [0, 0.05) is 34.3 Å². The Labute approximate surface area is 164 Å². The molecule has 140 valence electrons. The van der Waals surface area contributed by atoms with Crippen LogP contribution in [-0.2, 0) is 6.54 Å². The number of rotatable bonds is 0. The molecule has 2 aliphatic heterocycles. The predicted octanol–water partition coefficient (Wildman–Crippen LogP) is 5.94. The van der Waals surface area contributed by atoms with Crippen LogP contribution in [0.25, 0.3) is 34.2 Å². The Morgan fingerprint density at radius 1 is 0.679 bits per heavy atom. The van der Waals surface area contributed by atoms with Crippen molar-refractivity contribution in [3.05, 3.63) is 69.5 Å². The Hall–Kier alpha value is -3.27. The van der Waals surface area contributed by atoms with Gasteiger partial charge in [0.1, 0.15) is 0 Å². The van der Waals surface area contributed by atoms with Crippen LogP contribution in [0, 0.1) is 27.7 Å². The highest BCUT2D eigenvalue weighted by Gasteiger charge is 2.11. The lowest BCUT2D eigenvalue weighted by Crippen LogP contribution is -1.93. The molecule has 0 amide bonds. The third-order valence-corrected chi connectivity index (χ3v) is 6.07. The molecule has 0 saturated heterocycles. The highest BCUT2D eigenvalue weighted by atomic mass is 14.9. The molecule has 4 heteroatoms. The maximum Gasteiger partial charge on any atom is 0.0687 e. The van der Waals surface area contributed by atoms with E-state index in [2.05, 4.69) is 85.5 Å². The minimum absolute atomic E-state index is 0.849. The number of H-pyrrole nitrogens is 2. The van der Waals surface area contributed by atoms with Gasteiger partial charge in [-0.25, -0.2) is 4.98 Å². The van der Waals surface area contributed by atoms with E-state index in [4.69, 9.17) is 4.98 Å². The van der Waals surface area contributed by atoms with Gasteiger partial charge in [0.25, 0.3) is 0 Å². The van der Waals surface area contributed by atoms with Crippen LogP contribution in [0.15, 0.2) is 30.3 Å². The lowest BCUT2D eigenvalue weighted by molar-refractivity contribution is 1.18. The number of aryl methyl sites for hydroxylation is 4. The van der Waals surface area contributed by atoms with Crippen molar-refractivity contribution in [1.29, 1.82) is 0 Å². The monoisotopic (exact) mass is 368 g/mol. The molecule has 0 atom stereocenters. The fourth-order valence-corrected chi connectivity index (χ4v) is 3.99. The fraction of sp³-hybridized carbons (Fsp3) is 0.208. The predicted molar refractivity (Wildman–Crippen MR) is 118 cm³/mol. The number of aromatic amines is 2. The maximum atomic E-state index is 4.89. The lowest BCUT2D eigenvalue weighted by Gasteiger charge is -2.00. The summed E-state index contributed by atoms with van der Waals surface area (Å²) >= 11 is 0. The summed E-state index contributed by atoms with van der Waals surface area (Å²) in [6, 6.07) is 10.9. The number of anilines is 1. The summed E-state index contributed by atoms with van der Waals surface area (Å²) in [7, 11) is 0. The molecule has 0 aliphatic carbocycles. The van der Waals surface area contributed by atoms with Crippen molar-refractivity contribution in [2.75, 3.05) is 5.32 Å². The van der Waals surface area contributed by atoms with Gasteiger partial charge in [0.05, 0.1) is 11.4 Å². The number of hydrogen-bond donors (Lipinski definition) is 3. The van der Waals surface area contributed by atoms with Crippen molar-refractivity contribution in [2.24, 2.45) is 0 Å². The van der Waals surface area contributed by atoms with Gasteiger partial charge in [-0.15, -0.1) is 0 Å². The normalized spacial score (nSPS) is 13.0. The molecule has 28 heavy (non-hydrogen) atoms. The van der Waals surface area contributed by atoms with E-state index in [0.717, 1.165) is 51.1 Å². The first-order chi connectivity index (χ1) is 13.5. The van der Waals surface area contributed by atoms with Crippen LogP contribution in [0.4, 0.5) is 5.69 Å². The number of fused-ring (bicyclic) bond motifs is 8. The van der Waals surface area contributed by atoms with Crippen LogP contribution in [-0.4, -0.2) is 15.0 Å². The highest BCUT2D eigenvalue weighted by Crippen LogP contribution is 2.28. The topological polar surface area (TPSA) is 56.5 Å². The molecule has 5 heterocycles. The Balaban J connectivity index is 1.95. The first-order valence-corrected chi connectivity index (χ1v) is 9.71. The quantitative estimate of drug-likeness (QED) is 0.360. The molecule has 8 bridgehead atoms. The van der Waals surface area contributed by atoms with E-state index in [0.29, 0.717) is 0 Å². The number of aromatic nitrogens is 3. The standard InChI is InChI=1S/C24H24N4/c1-13-17-11-24(25-12-17)16(4)23-10-9-22(28-23)15(3)21-8-7-20(27-21)14(2)19-6-5-18(13)26-19/h5-11,25-26,28H,12H2,1-4H3. The number of nitrogens with one attached hydrogen (secondary N) is 3. The molecule has 0 fully saturated rings. The minimum atomic E-state index is 0.849. The van der Waals surface area contributed by atoms with Gasteiger partial charge in [-0.3, -0.25) is 0 Å². The van der Waals surface area contributed by atoms with Crippen LogP contribution in [0.5, 0.6) is 0 Å². The molecule has 3 aromatic rings. The average molecular weight is 368 g/mol. The van der Waals surface area contributed by atoms with Gasteiger partial charge >= 0.3 is 0 Å². The van der Waals surface area contributed by atoms with Gasteiger partial charge in [-0.05, 0) is 98.0 Å². The number of nitrogens with zero attached hydrogens (tertiary/aromatic N) is 1. The molecule has 2 aliphatic rings. The first kappa shape index (κ1) is 16.9. The third kappa shape index (κ3) is 2.56. The van der Waals surface area contributed by atoms with Crippen LogP contribution >= 0.6 is 0 Å². The highest BCUT2D eigenvalue weighted by molar-refractivity contribution is 5.81. The molecular formula is C24H24N4. The molecule has 3 aromatic heterocycles. The second kappa shape index (κ2) is 6.13. The molecule has 0 saturated carbocycles. The second-order valence-corrected chi connectivity index (χ2v) is 7.72. The Morgan fingerprint density at radius 3 is 1.75 bits per heavy atom. The van der Waals surface area contributed by atoms with Crippen molar-refractivity contribution >= 4 is 39.9 Å². The van der Waals surface area contributed by atoms with E-state index in [-0.39, 0.29) is 0 Å². The van der Waals surface area contributed by atoms with Gasteiger partial charge in [0.2, 0.25) is 0 Å². The molecular weight excluding hydrogens is 344 g/mol. The summed E-state index contributed by atoms with van der Waals surface area (Å²) in [5.74, 6) is 0. The van der Waals surface area contributed by atoms with Crippen LogP contribution in [0.3, 0.4) is 0 Å². The summed E-state index contributed by atoms with van der Waals surface area (Å²) in [6.45, 7) is 9.45. The van der Waals surface area contributed by atoms with E-state index in [9.17, 15) is 0 Å². The van der Waals surface area contributed by atoms with Crippen molar-refractivity contribution in [2.45, 2.75) is 34.2 Å². The Bertz CT molecular complexity index is 1200. The molecule has 0 spiro atoms. The van der Waals surface area contributed by atoms with Crippen LogP contribution < -0.4 is 5.32 Å². The zero-order valence-electron chi connectivity index (χ0n) is 16.7. The molecule has 0 aromatic carbocycles. The van der Waals surface area contributed by atoms with E-state index >= 15 is 0 Å². The van der Waals surface area contributed by atoms with Gasteiger partial charge < -0.3 is 15.3 Å². The molecule has 0 unspecified atom stereocenters. The van der Waals surface area contributed by atoms with Gasteiger partial charge in [-0.1, -0.05) is 0 Å². The van der Waals surface area contributed by atoms with Gasteiger partial charge in [0.15, 0.2) is 0 Å². The SMILES string of the molecule is Cc1c2cc(c(C)c3ccc([nH]3)c(C)c3nc(c(C)c4ccc1[nH]4)C=C3)NC2.